The zero-order valence-electron chi connectivity index (χ0n) is 21.4. The third-order valence-electron chi connectivity index (χ3n) is 7.61. The van der Waals surface area contributed by atoms with Gasteiger partial charge >= 0.3 is 0 Å². The van der Waals surface area contributed by atoms with Crippen molar-refractivity contribution < 1.29 is 4.79 Å². The lowest BCUT2D eigenvalue weighted by Gasteiger charge is -2.42. The molecule has 1 atom stereocenters. The number of amides is 1. The number of nitrogens with zero attached hydrogens (tertiary/aromatic N) is 8. The average Bonchev–Trinajstić information content (AvgIpc) is 3.54. The maximum atomic E-state index is 13.6. The highest BCUT2D eigenvalue weighted by molar-refractivity contribution is 5.80. The second-order valence-corrected chi connectivity index (χ2v) is 9.96. The molecule has 4 heterocycles. The fourth-order valence-electron chi connectivity index (χ4n) is 5.67. The highest BCUT2D eigenvalue weighted by Crippen LogP contribution is 2.30. The molecule has 9 heteroatoms. The first-order chi connectivity index (χ1) is 18.8. The molecule has 6 rings (SSSR count). The molecule has 194 valence electrons. The van der Waals surface area contributed by atoms with Gasteiger partial charge in [0.05, 0.1) is 12.0 Å². The summed E-state index contributed by atoms with van der Waals surface area (Å²) >= 11 is 0. The Balaban J connectivity index is 1.09. The van der Waals surface area contributed by atoms with Crippen LogP contribution in [0.25, 0.3) is 5.82 Å². The zero-order valence-corrected chi connectivity index (χ0v) is 21.4. The SMILES string of the molecule is O=C(C1CCCN(c2ccc(-n3cncn3)nn2)C1)N1CCN(C(c2ccccc2)c2ccccc2)CC1. The predicted octanol–water partition coefficient (Wildman–Crippen LogP) is 3.21. The average molecular weight is 509 g/mol. The van der Waals surface area contributed by atoms with Crippen LogP contribution in [0.5, 0.6) is 0 Å². The van der Waals surface area contributed by atoms with Crippen molar-refractivity contribution in [2.24, 2.45) is 5.92 Å². The minimum atomic E-state index is -0.0221. The van der Waals surface area contributed by atoms with E-state index in [0.717, 1.165) is 51.4 Å². The van der Waals surface area contributed by atoms with Gasteiger partial charge in [0.25, 0.3) is 0 Å². The fraction of sp³-hybridized carbons (Fsp3) is 0.345. The Morgan fingerprint density at radius 1 is 0.789 bits per heavy atom. The Morgan fingerprint density at radius 3 is 2.05 bits per heavy atom. The van der Waals surface area contributed by atoms with Gasteiger partial charge in [0, 0.05) is 39.3 Å². The van der Waals surface area contributed by atoms with Crippen LogP contribution in [0.15, 0.2) is 85.5 Å². The van der Waals surface area contributed by atoms with Crippen molar-refractivity contribution in [2.45, 2.75) is 18.9 Å². The summed E-state index contributed by atoms with van der Waals surface area (Å²) in [5.41, 5.74) is 2.58. The number of piperazine rings is 1. The van der Waals surface area contributed by atoms with Gasteiger partial charge in [-0.05, 0) is 36.1 Å². The van der Waals surface area contributed by atoms with E-state index in [1.807, 2.05) is 12.1 Å². The molecule has 2 aromatic heterocycles. The van der Waals surface area contributed by atoms with Gasteiger partial charge in [-0.3, -0.25) is 9.69 Å². The maximum Gasteiger partial charge on any atom is 0.227 e. The molecule has 4 aromatic rings. The number of carbonyl (C=O) groups excluding carboxylic acids is 1. The Morgan fingerprint density at radius 2 is 1.45 bits per heavy atom. The Labute approximate surface area is 222 Å². The summed E-state index contributed by atoms with van der Waals surface area (Å²) in [6, 6.07) is 25.4. The first-order valence-corrected chi connectivity index (χ1v) is 13.3. The van der Waals surface area contributed by atoms with Crippen LogP contribution in [-0.4, -0.2) is 79.9 Å². The monoisotopic (exact) mass is 508 g/mol. The van der Waals surface area contributed by atoms with Gasteiger partial charge in [-0.2, -0.15) is 5.10 Å². The minimum absolute atomic E-state index is 0.0221. The van der Waals surface area contributed by atoms with Crippen molar-refractivity contribution in [1.29, 1.82) is 0 Å². The van der Waals surface area contributed by atoms with E-state index in [4.69, 9.17) is 0 Å². The molecule has 2 aliphatic heterocycles. The molecule has 2 saturated heterocycles. The molecule has 0 radical (unpaired) electrons. The fourth-order valence-corrected chi connectivity index (χ4v) is 5.67. The van der Waals surface area contributed by atoms with Gasteiger partial charge < -0.3 is 9.80 Å². The molecule has 1 amide bonds. The van der Waals surface area contributed by atoms with Crippen LogP contribution >= 0.6 is 0 Å². The molecule has 0 bridgehead atoms. The molecule has 2 aliphatic rings. The highest BCUT2D eigenvalue weighted by Gasteiger charge is 2.33. The van der Waals surface area contributed by atoms with Gasteiger partial charge in [0.1, 0.15) is 12.7 Å². The normalized spacial score (nSPS) is 18.6. The van der Waals surface area contributed by atoms with E-state index in [9.17, 15) is 4.79 Å². The maximum absolute atomic E-state index is 13.6. The second-order valence-electron chi connectivity index (χ2n) is 9.96. The summed E-state index contributed by atoms with van der Waals surface area (Å²) in [4.78, 5) is 24.3. The molecule has 1 unspecified atom stereocenters. The number of anilines is 1. The van der Waals surface area contributed by atoms with Crippen LogP contribution in [-0.2, 0) is 4.79 Å². The minimum Gasteiger partial charge on any atom is -0.354 e. The van der Waals surface area contributed by atoms with Crippen molar-refractivity contribution in [3.05, 3.63) is 96.6 Å². The van der Waals surface area contributed by atoms with Crippen LogP contribution in [0.2, 0.25) is 0 Å². The molecule has 2 aromatic carbocycles. The Kier molecular flexibility index (Phi) is 7.08. The standard InChI is InChI=1S/C29H32N8O/c38-29(25-12-7-15-36(20-25)26-13-14-27(33-32-26)37-22-30-21-31-37)35-18-16-34(17-19-35)28(23-8-3-1-4-9-23)24-10-5-2-6-11-24/h1-6,8-11,13-14,21-22,25,28H,7,12,15-20H2. The van der Waals surface area contributed by atoms with Crippen molar-refractivity contribution in [1.82, 2.24) is 34.8 Å². The summed E-state index contributed by atoms with van der Waals surface area (Å²) in [5, 5.41) is 12.8. The van der Waals surface area contributed by atoms with Gasteiger partial charge in [0.2, 0.25) is 5.91 Å². The lowest BCUT2D eigenvalue weighted by atomic mass is 9.95. The predicted molar refractivity (Wildman–Crippen MR) is 145 cm³/mol. The van der Waals surface area contributed by atoms with Crippen molar-refractivity contribution in [3.8, 4) is 5.82 Å². The van der Waals surface area contributed by atoms with Gasteiger partial charge in [-0.15, -0.1) is 10.2 Å². The smallest absolute Gasteiger partial charge is 0.227 e. The Bertz CT molecular complexity index is 1270. The first kappa shape index (κ1) is 24.2. The second kappa shape index (κ2) is 11.1. The van der Waals surface area contributed by atoms with Gasteiger partial charge in [-0.25, -0.2) is 9.67 Å². The summed E-state index contributed by atoms with van der Waals surface area (Å²) in [6.07, 6.45) is 4.95. The number of benzene rings is 2. The zero-order chi connectivity index (χ0) is 25.7. The molecule has 2 fully saturated rings. The summed E-state index contributed by atoms with van der Waals surface area (Å²) < 4.78 is 1.58. The number of piperidine rings is 1. The third kappa shape index (κ3) is 5.15. The molecular weight excluding hydrogens is 476 g/mol. The quantitative estimate of drug-likeness (QED) is 0.396. The Hall–Kier alpha value is -4.11. The van der Waals surface area contributed by atoms with E-state index in [-0.39, 0.29) is 17.9 Å². The number of rotatable bonds is 6. The van der Waals surface area contributed by atoms with E-state index in [2.05, 4.69) is 95.6 Å². The summed E-state index contributed by atoms with van der Waals surface area (Å²) in [5.74, 6) is 1.66. The van der Waals surface area contributed by atoms with Crippen LogP contribution in [0.1, 0.15) is 30.0 Å². The van der Waals surface area contributed by atoms with Crippen LogP contribution in [0.4, 0.5) is 5.82 Å². The third-order valence-corrected chi connectivity index (χ3v) is 7.61. The number of aromatic nitrogens is 5. The molecule has 9 nitrogen and oxygen atoms in total. The van der Waals surface area contributed by atoms with E-state index in [0.29, 0.717) is 12.4 Å². The molecule has 38 heavy (non-hydrogen) atoms. The van der Waals surface area contributed by atoms with E-state index in [1.165, 1.54) is 17.5 Å². The molecular formula is C29H32N8O. The lowest BCUT2D eigenvalue weighted by Crippen LogP contribution is -2.53. The number of hydrogen-bond acceptors (Lipinski definition) is 7. The van der Waals surface area contributed by atoms with Gasteiger partial charge in [0.15, 0.2) is 11.6 Å². The highest BCUT2D eigenvalue weighted by atomic mass is 16.2. The first-order valence-electron chi connectivity index (χ1n) is 13.3. The molecule has 0 spiro atoms. The van der Waals surface area contributed by atoms with E-state index >= 15 is 0 Å². The topological polar surface area (TPSA) is 83.3 Å². The summed E-state index contributed by atoms with van der Waals surface area (Å²) in [6.45, 7) is 4.76. The largest absolute Gasteiger partial charge is 0.354 e. The molecule has 0 aliphatic carbocycles. The summed E-state index contributed by atoms with van der Waals surface area (Å²) in [7, 11) is 0. The van der Waals surface area contributed by atoms with E-state index in [1.54, 1.807) is 11.0 Å². The van der Waals surface area contributed by atoms with Crippen LogP contribution in [0, 0.1) is 5.92 Å². The molecule has 0 N–H and O–H groups in total. The van der Waals surface area contributed by atoms with Gasteiger partial charge in [-0.1, -0.05) is 60.7 Å². The number of carbonyl (C=O) groups is 1. The number of hydrogen-bond donors (Lipinski definition) is 0. The van der Waals surface area contributed by atoms with Crippen LogP contribution in [0.3, 0.4) is 0 Å². The van der Waals surface area contributed by atoms with Crippen LogP contribution < -0.4 is 4.90 Å². The lowest BCUT2D eigenvalue weighted by molar-refractivity contribution is -0.137. The van der Waals surface area contributed by atoms with Crippen molar-refractivity contribution in [3.63, 3.8) is 0 Å². The molecule has 0 saturated carbocycles. The van der Waals surface area contributed by atoms with E-state index < -0.39 is 0 Å². The van der Waals surface area contributed by atoms with Crippen molar-refractivity contribution >= 4 is 11.7 Å². The van der Waals surface area contributed by atoms with Crippen molar-refractivity contribution in [2.75, 3.05) is 44.2 Å².